The van der Waals surface area contributed by atoms with Crippen molar-refractivity contribution < 1.29 is 5.11 Å². The molecule has 3 nitrogen and oxygen atoms in total. The summed E-state index contributed by atoms with van der Waals surface area (Å²) in [6.07, 6.45) is 1.05. The molecule has 0 amide bonds. The van der Waals surface area contributed by atoms with Crippen LogP contribution >= 0.6 is 0 Å². The molecular formula is C13H22N2O. The third-order valence-corrected chi connectivity index (χ3v) is 2.83. The minimum absolute atomic E-state index is 0.228. The molecule has 0 fully saturated rings. The number of likely N-dealkylation sites (N-methyl/N-ethyl adjacent to an activating group) is 1. The Labute approximate surface area is 98.1 Å². The van der Waals surface area contributed by atoms with E-state index >= 15 is 0 Å². The predicted molar refractivity (Wildman–Crippen MR) is 67.4 cm³/mol. The Hall–Kier alpha value is -0.900. The number of aliphatic hydroxyl groups excluding tert-OH is 1. The van der Waals surface area contributed by atoms with Crippen LogP contribution in [0.2, 0.25) is 0 Å². The molecule has 0 bridgehead atoms. The second-order valence-corrected chi connectivity index (χ2v) is 4.07. The molecule has 0 aliphatic rings. The SMILES string of the molecule is CNC(CCN(C)CCO)c1ccccc1. The zero-order valence-corrected chi connectivity index (χ0v) is 10.2. The van der Waals surface area contributed by atoms with Gasteiger partial charge in [-0.05, 0) is 32.6 Å². The van der Waals surface area contributed by atoms with Crippen LogP contribution in [0.1, 0.15) is 18.0 Å². The van der Waals surface area contributed by atoms with Crippen molar-refractivity contribution in [2.75, 3.05) is 33.8 Å². The summed E-state index contributed by atoms with van der Waals surface area (Å²) in [7, 11) is 4.03. The fraction of sp³-hybridized carbons (Fsp3) is 0.538. The van der Waals surface area contributed by atoms with Crippen LogP contribution in [0.4, 0.5) is 0 Å². The molecule has 0 saturated heterocycles. The molecule has 0 spiro atoms. The zero-order valence-electron chi connectivity index (χ0n) is 10.2. The molecule has 90 valence electrons. The maximum atomic E-state index is 8.82. The molecule has 0 aromatic heterocycles. The van der Waals surface area contributed by atoms with Crippen LogP contribution in [0.25, 0.3) is 0 Å². The molecule has 0 aliphatic carbocycles. The third kappa shape index (κ3) is 4.31. The Kier molecular flexibility index (Phi) is 6.08. The Balaban J connectivity index is 2.44. The molecule has 0 radical (unpaired) electrons. The number of benzene rings is 1. The maximum Gasteiger partial charge on any atom is 0.0558 e. The van der Waals surface area contributed by atoms with E-state index in [4.69, 9.17) is 5.11 Å². The van der Waals surface area contributed by atoms with Gasteiger partial charge in [0.2, 0.25) is 0 Å². The van der Waals surface area contributed by atoms with Crippen molar-refractivity contribution in [3.05, 3.63) is 35.9 Å². The Morgan fingerprint density at radius 2 is 1.94 bits per heavy atom. The van der Waals surface area contributed by atoms with Gasteiger partial charge in [-0.25, -0.2) is 0 Å². The van der Waals surface area contributed by atoms with E-state index in [0.717, 1.165) is 19.5 Å². The molecule has 16 heavy (non-hydrogen) atoms. The van der Waals surface area contributed by atoms with Crippen molar-refractivity contribution in [3.63, 3.8) is 0 Å². The van der Waals surface area contributed by atoms with Gasteiger partial charge in [0.1, 0.15) is 0 Å². The van der Waals surface area contributed by atoms with E-state index in [0.29, 0.717) is 6.04 Å². The van der Waals surface area contributed by atoms with Gasteiger partial charge >= 0.3 is 0 Å². The van der Waals surface area contributed by atoms with Gasteiger partial charge in [-0.15, -0.1) is 0 Å². The number of nitrogens with one attached hydrogen (secondary N) is 1. The average Bonchev–Trinajstić information content (AvgIpc) is 2.31. The van der Waals surface area contributed by atoms with Crippen molar-refractivity contribution in [2.24, 2.45) is 0 Å². The molecule has 1 atom stereocenters. The molecule has 3 heteroatoms. The molecular weight excluding hydrogens is 200 g/mol. The van der Waals surface area contributed by atoms with Crippen LogP contribution in [0.3, 0.4) is 0 Å². The topological polar surface area (TPSA) is 35.5 Å². The normalized spacial score (nSPS) is 13.0. The van der Waals surface area contributed by atoms with E-state index in [9.17, 15) is 0 Å². The highest BCUT2D eigenvalue weighted by molar-refractivity contribution is 5.18. The van der Waals surface area contributed by atoms with Gasteiger partial charge in [-0.1, -0.05) is 30.3 Å². The molecule has 0 saturated carbocycles. The van der Waals surface area contributed by atoms with E-state index in [2.05, 4.69) is 34.5 Å². The van der Waals surface area contributed by atoms with E-state index in [1.807, 2.05) is 20.2 Å². The van der Waals surface area contributed by atoms with Crippen molar-refractivity contribution in [2.45, 2.75) is 12.5 Å². The molecule has 0 aliphatic heterocycles. The first-order valence-corrected chi connectivity index (χ1v) is 5.79. The second-order valence-electron chi connectivity index (χ2n) is 4.07. The Morgan fingerprint density at radius 1 is 1.25 bits per heavy atom. The summed E-state index contributed by atoms with van der Waals surface area (Å²) in [5, 5.41) is 12.1. The lowest BCUT2D eigenvalue weighted by Crippen LogP contribution is -2.27. The molecule has 1 aromatic rings. The first-order chi connectivity index (χ1) is 7.77. The van der Waals surface area contributed by atoms with E-state index in [1.54, 1.807) is 0 Å². The number of hydrogen-bond donors (Lipinski definition) is 2. The zero-order chi connectivity index (χ0) is 11.8. The molecule has 1 unspecified atom stereocenters. The smallest absolute Gasteiger partial charge is 0.0558 e. The lowest BCUT2D eigenvalue weighted by Gasteiger charge is -2.21. The molecule has 1 aromatic carbocycles. The van der Waals surface area contributed by atoms with Gasteiger partial charge in [0, 0.05) is 12.6 Å². The van der Waals surface area contributed by atoms with E-state index < -0.39 is 0 Å². The van der Waals surface area contributed by atoms with Gasteiger partial charge in [-0.2, -0.15) is 0 Å². The summed E-state index contributed by atoms with van der Waals surface area (Å²) >= 11 is 0. The van der Waals surface area contributed by atoms with Crippen molar-refractivity contribution in [1.29, 1.82) is 0 Å². The summed E-state index contributed by atoms with van der Waals surface area (Å²) in [6.45, 7) is 1.96. The first-order valence-electron chi connectivity index (χ1n) is 5.79. The predicted octanol–water partition coefficient (Wildman–Crippen LogP) is 1.26. The lowest BCUT2D eigenvalue weighted by atomic mass is 10.0. The van der Waals surface area contributed by atoms with Crippen molar-refractivity contribution in [3.8, 4) is 0 Å². The number of nitrogens with zero attached hydrogens (tertiary/aromatic N) is 1. The van der Waals surface area contributed by atoms with Gasteiger partial charge in [0.05, 0.1) is 6.61 Å². The van der Waals surface area contributed by atoms with Crippen LogP contribution in [0.15, 0.2) is 30.3 Å². The van der Waals surface area contributed by atoms with Crippen LogP contribution in [0.5, 0.6) is 0 Å². The highest BCUT2D eigenvalue weighted by atomic mass is 16.3. The highest BCUT2D eigenvalue weighted by Gasteiger charge is 2.09. The number of aliphatic hydroxyl groups is 1. The van der Waals surface area contributed by atoms with Crippen LogP contribution in [-0.4, -0.2) is 43.8 Å². The average molecular weight is 222 g/mol. The van der Waals surface area contributed by atoms with Gasteiger partial charge in [0.25, 0.3) is 0 Å². The summed E-state index contributed by atoms with van der Waals surface area (Å²) in [5.41, 5.74) is 1.32. The summed E-state index contributed by atoms with van der Waals surface area (Å²) in [5.74, 6) is 0. The fourth-order valence-electron chi connectivity index (χ4n) is 1.80. The monoisotopic (exact) mass is 222 g/mol. The summed E-state index contributed by atoms with van der Waals surface area (Å²) < 4.78 is 0. The van der Waals surface area contributed by atoms with E-state index in [1.165, 1.54) is 5.56 Å². The molecule has 2 N–H and O–H groups in total. The quantitative estimate of drug-likeness (QED) is 0.729. The van der Waals surface area contributed by atoms with Crippen LogP contribution < -0.4 is 5.32 Å². The summed E-state index contributed by atoms with van der Waals surface area (Å²) in [4.78, 5) is 2.15. The first kappa shape index (κ1) is 13.2. The van der Waals surface area contributed by atoms with E-state index in [-0.39, 0.29) is 6.61 Å². The number of hydrogen-bond acceptors (Lipinski definition) is 3. The second kappa shape index (κ2) is 7.39. The Morgan fingerprint density at radius 3 is 2.50 bits per heavy atom. The maximum absolute atomic E-state index is 8.82. The third-order valence-electron chi connectivity index (χ3n) is 2.83. The van der Waals surface area contributed by atoms with Crippen molar-refractivity contribution in [1.82, 2.24) is 10.2 Å². The van der Waals surface area contributed by atoms with Gasteiger partial charge in [-0.3, -0.25) is 0 Å². The van der Waals surface area contributed by atoms with Crippen LogP contribution in [0, 0.1) is 0 Å². The largest absolute Gasteiger partial charge is 0.395 e. The minimum Gasteiger partial charge on any atom is -0.395 e. The standard InChI is InChI=1S/C13H22N2O/c1-14-13(8-9-15(2)10-11-16)12-6-4-3-5-7-12/h3-7,13-14,16H,8-11H2,1-2H3. The Bertz CT molecular complexity index is 277. The minimum atomic E-state index is 0.228. The fourth-order valence-corrected chi connectivity index (χ4v) is 1.80. The van der Waals surface area contributed by atoms with Gasteiger partial charge in [0.15, 0.2) is 0 Å². The van der Waals surface area contributed by atoms with Crippen molar-refractivity contribution >= 4 is 0 Å². The highest BCUT2D eigenvalue weighted by Crippen LogP contribution is 2.15. The lowest BCUT2D eigenvalue weighted by molar-refractivity contribution is 0.216. The molecule has 0 heterocycles. The van der Waals surface area contributed by atoms with Gasteiger partial charge < -0.3 is 15.3 Å². The molecule has 1 rings (SSSR count). The summed E-state index contributed by atoms with van der Waals surface area (Å²) in [6, 6.07) is 10.9. The van der Waals surface area contributed by atoms with Crippen LogP contribution in [-0.2, 0) is 0 Å². The number of rotatable bonds is 7.